The average molecular weight is 273 g/mol. The van der Waals surface area contributed by atoms with E-state index in [1.54, 1.807) is 18.2 Å². The highest BCUT2D eigenvalue weighted by Gasteiger charge is 2.25. The fourth-order valence-electron chi connectivity index (χ4n) is 2.96. The Balaban J connectivity index is 1.79. The van der Waals surface area contributed by atoms with Gasteiger partial charge in [0.2, 0.25) is 0 Å². The molecule has 0 fully saturated rings. The number of hydrogen-bond acceptors (Lipinski definition) is 1. The second kappa shape index (κ2) is 5.33. The van der Waals surface area contributed by atoms with Crippen LogP contribution in [0, 0.1) is 11.6 Å². The molecule has 0 amide bonds. The summed E-state index contributed by atoms with van der Waals surface area (Å²) in [6.45, 7) is 2.01. The molecule has 3 heteroatoms. The molecule has 1 aliphatic carbocycles. The van der Waals surface area contributed by atoms with E-state index in [0.29, 0.717) is 0 Å². The molecule has 0 aromatic heterocycles. The molecule has 20 heavy (non-hydrogen) atoms. The Morgan fingerprint density at radius 2 is 1.95 bits per heavy atom. The van der Waals surface area contributed by atoms with Crippen molar-refractivity contribution in [2.75, 3.05) is 0 Å². The Bertz CT molecular complexity index is 624. The zero-order valence-corrected chi connectivity index (χ0v) is 11.4. The first-order chi connectivity index (χ1) is 9.65. The molecule has 0 bridgehead atoms. The third-order valence-corrected chi connectivity index (χ3v) is 4.01. The van der Waals surface area contributed by atoms with Gasteiger partial charge in [-0.3, -0.25) is 0 Å². The van der Waals surface area contributed by atoms with Gasteiger partial charge >= 0.3 is 0 Å². The van der Waals surface area contributed by atoms with Crippen LogP contribution in [-0.2, 0) is 6.42 Å². The van der Waals surface area contributed by atoms with Crippen LogP contribution in [0.25, 0.3) is 0 Å². The molecule has 0 radical (unpaired) electrons. The Hall–Kier alpha value is -1.74. The van der Waals surface area contributed by atoms with Gasteiger partial charge in [-0.15, -0.1) is 0 Å². The van der Waals surface area contributed by atoms with E-state index in [0.717, 1.165) is 29.5 Å². The zero-order valence-electron chi connectivity index (χ0n) is 11.4. The van der Waals surface area contributed by atoms with E-state index < -0.39 is 0 Å². The Kier molecular flexibility index (Phi) is 3.53. The quantitative estimate of drug-likeness (QED) is 0.879. The van der Waals surface area contributed by atoms with Crippen LogP contribution < -0.4 is 5.32 Å². The van der Waals surface area contributed by atoms with Crippen LogP contribution in [0.5, 0.6) is 0 Å². The van der Waals surface area contributed by atoms with Crippen molar-refractivity contribution in [2.45, 2.75) is 31.8 Å². The highest BCUT2D eigenvalue weighted by molar-refractivity contribution is 5.36. The summed E-state index contributed by atoms with van der Waals surface area (Å²) < 4.78 is 27.0. The van der Waals surface area contributed by atoms with Gasteiger partial charge in [0, 0.05) is 12.1 Å². The first kappa shape index (κ1) is 13.3. The summed E-state index contributed by atoms with van der Waals surface area (Å²) >= 11 is 0. The molecule has 1 N–H and O–H groups in total. The van der Waals surface area contributed by atoms with E-state index in [2.05, 4.69) is 5.32 Å². The van der Waals surface area contributed by atoms with Gasteiger partial charge in [0.15, 0.2) is 0 Å². The smallest absolute Gasteiger partial charge is 0.126 e. The first-order valence-electron chi connectivity index (χ1n) is 6.94. The molecule has 3 rings (SSSR count). The number of rotatable bonds is 3. The molecule has 2 atom stereocenters. The predicted octanol–water partition coefficient (Wildman–Crippen LogP) is 4.30. The van der Waals surface area contributed by atoms with Crippen LogP contribution in [0.1, 0.15) is 42.1 Å². The molecule has 0 saturated heterocycles. The largest absolute Gasteiger partial charge is 0.303 e. The Morgan fingerprint density at radius 1 is 1.15 bits per heavy atom. The summed E-state index contributed by atoms with van der Waals surface area (Å²) in [4.78, 5) is 0. The summed E-state index contributed by atoms with van der Waals surface area (Å²) in [5, 5.41) is 3.47. The summed E-state index contributed by atoms with van der Waals surface area (Å²) in [5.74, 6) is -0.348. The summed E-state index contributed by atoms with van der Waals surface area (Å²) in [7, 11) is 0. The van der Waals surface area contributed by atoms with Crippen molar-refractivity contribution in [3.05, 3.63) is 70.8 Å². The molecule has 0 spiro atoms. The van der Waals surface area contributed by atoms with Crippen LogP contribution >= 0.6 is 0 Å². The van der Waals surface area contributed by atoms with Gasteiger partial charge < -0.3 is 5.32 Å². The number of benzene rings is 2. The molecule has 0 saturated carbocycles. The zero-order chi connectivity index (χ0) is 14.1. The van der Waals surface area contributed by atoms with Gasteiger partial charge in [-0.25, -0.2) is 8.78 Å². The summed E-state index contributed by atoms with van der Waals surface area (Å²) in [6, 6.07) is 12.0. The van der Waals surface area contributed by atoms with Gasteiger partial charge in [0.05, 0.1) is 0 Å². The van der Waals surface area contributed by atoms with Crippen LogP contribution in [-0.4, -0.2) is 0 Å². The monoisotopic (exact) mass is 273 g/mol. The lowest BCUT2D eigenvalue weighted by Gasteiger charge is -2.21. The summed E-state index contributed by atoms with van der Waals surface area (Å²) in [5.41, 5.74) is 2.76. The number of fused-ring (bicyclic) bond motifs is 1. The third kappa shape index (κ3) is 2.46. The van der Waals surface area contributed by atoms with Crippen molar-refractivity contribution in [2.24, 2.45) is 0 Å². The number of nitrogens with one attached hydrogen (secondary N) is 1. The molecule has 2 aromatic rings. The van der Waals surface area contributed by atoms with Crippen molar-refractivity contribution in [3.8, 4) is 0 Å². The second-order valence-corrected chi connectivity index (χ2v) is 5.34. The van der Waals surface area contributed by atoms with Crippen molar-refractivity contribution in [3.63, 3.8) is 0 Å². The van der Waals surface area contributed by atoms with Gasteiger partial charge in [-0.1, -0.05) is 24.3 Å². The van der Waals surface area contributed by atoms with E-state index in [-0.39, 0.29) is 23.7 Å². The molecule has 1 aliphatic rings. The predicted molar refractivity (Wildman–Crippen MR) is 75.4 cm³/mol. The molecular weight excluding hydrogens is 256 g/mol. The van der Waals surface area contributed by atoms with E-state index in [1.165, 1.54) is 12.1 Å². The Morgan fingerprint density at radius 3 is 2.75 bits per heavy atom. The Labute approximate surface area is 117 Å². The average Bonchev–Trinajstić information content (AvgIpc) is 2.83. The van der Waals surface area contributed by atoms with E-state index in [1.807, 2.05) is 19.1 Å². The minimum absolute atomic E-state index is 0.0323. The van der Waals surface area contributed by atoms with Gasteiger partial charge in [-0.05, 0) is 54.7 Å². The minimum Gasteiger partial charge on any atom is -0.303 e. The van der Waals surface area contributed by atoms with Crippen LogP contribution in [0.15, 0.2) is 42.5 Å². The van der Waals surface area contributed by atoms with Gasteiger partial charge in [0.25, 0.3) is 0 Å². The minimum atomic E-state index is -0.228. The molecule has 2 aromatic carbocycles. The van der Waals surface area contributed by atoms with Crippen molar-refractivity contribution in [1.82, 2.24) is 5.32 Å². The normalized spacial score (nSPS) is 18.9. The van der Waals surface area contributed by atoms with Crippen molar-refractivity contribution in [1.29, 1.82) is 0 Å². The molecule has 0 aliphatic heterocycles. The van der Waals surface area contributed by atoms with Gasteiger partial charge in [-0.2, -0.15) is 0 Å². The number of hydrogen-bond donors (Lipinski definition) is 1. The van der Waals surface area contributed by atoms with Crippen LogP contribution in [0.3, 0.4) is 0 Å². The SMILES string of the molecule is C[C@H](NC1CCc2c(F)cccc21)c1cccc(F)c1. The molecule has 1 unspecified atom stereocenters. The molecular formula is C17H17F2N. The molecule has 104 valence electrons. The van der Waals surface area contributed by atoms with E-state index in [9.17, 15) is 8.78 Å². The van der Waals surface area contributed by atoms with Crippen LogP contribution in [0.4, 0.5) is 8.78 Å². The van der Waals surface area contributed by atoms with E-state index >= 15 is 0 Å². The lowest BCUT2D eigenvalue weighted by molar-refractivity contribution is 0.463. The maximum Gasteiger partial charge on any atom is 0.126 e. The maximum absolute atomic E-state index is 13.7. The highest BCUT2D eigenvalue weighted by Crippen LogP contribution is 2.34. The maximum atomic E-state index is 13.7. The fraction of sp³-hybridized carbons (Fsp3) is 0.294. The first-order valence-corrected chi connectivity index (χ1v) is 6.94. The lowest BCUT2D eigenvalue weighted by atomic mass is 10.0. The molecule has 1 nitrogen and oxygen atoms in total. The van der Waals surface area contributed by atoms with Crippen LogP contribution in [0.2, 0.25) is 0 Å². The summed E-state index contributed by atoms with van der Waals surface area (Å²) in [6.07, 6.45) is 1.64. The van der Waals surface area contributed by atoms with Crippen molar-refractivity contribution < 1.29 is 8.78 Å². The van der Waals surface area contributed by atoms with Crippen molar-refractivity contribution >= 4 is 0 Å². The number of halogens is 2. The van der Waals surface area contributed by atoms with E-state index in [4.69, 9.17) is 0 Å². The standard InChI is InChI=1S/C17H17F2N/c1-11(12-4-2-5-13(18)10-12)20-17-9-8-14-15(17)6-3-7-16(14)19/h2-7,10-11,17,20H,8-9H2,1H3/t11-,17?/m0/s1. The highest BCUT2D eigenvalue weighted by atomic mass is 19.1. The fourth-order valence-corrected chi connectivity index (χ4v) is 2.96. The van der Waals surface area contributed by atoms with Gasteiger partial charge in [0.1, 0.15) is 11.6 Å². The topological polar surface area (TPSA) is 12.0 Å². The third-order valence-electron chi connectivity index (χ3n) is 4.01. The lowest BCUT2D eigenvalue weighted by Crippen LogP contribution is -2.23. The second-order valence-electron chi connectivity index (χ2n) is 5.34. The molecule has 0 heterocycles.